The minimum atomic E-state index is 0. The third-order valence-electron chi connectivity index (χ3n) is 6.80. The van der Waals surface area contributed by atoms with Crippen LogP contribution in [0.1, 0.15) is 68.2 Å². The molecule has 204 valence electrons. The van der Waals surface area contributed by atoms with E-state index in [1.165, 1.54) is 47.6 Å². The third-order valence-corrected chi connectivity index (χ3v) is 7.70. The van der Waals surface area contributed by atoms with Gasteiger partial charge in [-0.05, 0) is 11.8 Å². The molecule has 0 spiro atoms. The van der Waals surface area contributed by atoms with Gasteiger partial charge in [-0.2, -0.15) is 6.08 Å². The fourth-order valence-electron chi connectivity index (χ4n) is 4.49. The van der Waals surface area contributed by atoms with Gasteiger partial charge in [0.25, 0.3) is 0 Å². The van der Waals surface area contributed by atoms with Crippen LogP contribution in [0.2, 0.25) is 0 Å². The first-order chi connectivity index (χ1) is 18.4. The van der Waals surface area contributed by atoms with Crippen molar-refractivity contribution in [3.63, 3.8) is 0 Å². The normalized spacial score (nSPS) is 11.4. The number of allylic oxidation sites excluding steroid dienone is 4. The molecule has 0 saturated heterocycles. The summed E-state index contributed by atoms with van der Waals surface area (Å²) < 4.78 is 1.33. The molecule has 0 nitrogen and oxygen atoms in total. The van der Waals surface area contributed by atoms with E-state index in [4.69, 9.17) is 0 Å². The molecule has 40 heavy (non-hydrogen) atoms. The van der Waals surface area contributed by atoms with Gasteiger partial charge >= 0.3 is 95.6 Å². The number of fused-ring (bicyclic) bond motifs is 3. The molecular weight excluding hydrogens is 563 g/mol. The molecule has 0 heterocycles. The molecule has 0 atom stereocenters. The molecule has 0 aromatic heterocycles. The summed E-state index contributed by atoms with van der Waals surface area (Å²) in [6, 6.07) is 37.0. The van der Waals surface area contributed by atoms with Crippen LogP contribution in [0.3, 0.4) is 0 Å². The number of hydrogen-bond donors (Lipinski definition) is 0. The molecule has 3 heteroatoms. The molecule has 1 aliphatic carbocycles. The Bertz CT molecular complexity index is 1430. The molecule has 0 unspecified atom stereocenters. The first kappa shape index (κ1) is 33.6. The van der Waals surface area contributed by atoms with Gasteiger partial charge in [-0.1, -0.05) is 63.1 Å². The van der Waals surface area contributed by atoms with Crippen molar-refractivity contribution < 1.29 is 44.8 Å². The minimum absolute atomic E-state index is 0. The molecule has 0 bridgehead atoms. The Balaban J connectivity index is 0.000000235. The Kier molecular flexibility index (Phi) is 14.0. The van der Waals surface area contributed by atoms with E-state index < -0.39 is 0 Å². The first-order valence-electron chi connectivity index (χ1n) is 13.5. The summed E-state index contributed by atoms with van der Waals surface area (Å²) >= 11 is 2.16. The fraction of sp³-hybridized carbons (Fsp3) is 0.189. The van der Waals surface area contributed by atoms with Crippen LogP contribution >= 0.6 is 0 Å². The summed E-state index contributed by atoms with van der Waals surface area (Å²) in [5.74, 6) is 1.18. The van der Waals surface area contributed by atoms with Crippen molar-refractivity contribution in [1.29, 1.82) is 0 Å². The average molecular weight is 599 g/mol. The van der Waals surface area contributed by atoms with Crippen molar-refractivity contribution in [2.75, 3.05) is 0 Å². The second-order valence-corrected chi connectivity index (χ2v) is 11.0. The van der Waals surface area contributed by atoms with Gasteiger partial charge in [0.05, 0.1) is 0 Å². The van der Waals surface area contributed by atoms with Crippen LogP contribution in [-0.2, 0) is 20.0 Å². The Morgan fingerprint density at radius 3 is 1.45 bits per heavy atom. The molecule has 0 aliphatic heterocycles. The van der Waals surface area contributed by atoms with E-state index in [0.717, 1.165) is 6.42 Å². The van der Waals surface area contributed by atoms with Gasteiger partial charge in [-0.15, -0.1) is 46.2 Å². The van der Waals surface area contributed by atoms with E-state index in [0.29, 0.717) is 11.8 Å². The Morgan fingerprint density at radius 2 is 1.12 bits per heavy atom. The van der Waals surface area contributed by atoms with E-state index in [1.807, 2.05) is 24.3 Å². The molecule has 0 fully saturated rings. The first-order valence-corrected chi connectivity index (χ1v) is 14.3. The zero-order chi connectivity index (χ0) is 26.9. The maximum atomic E-state index is 2.99. The molecule has 5 aromatic rings. The van der Waals surface area contributed by atoms with Gasteiger partial charge < -0.3 is 24.8 Å². The Labute approximate surface area is 264 Å². The van der Waals surface area contributed by atoms with Crippen LogP contribution in [0.4, 0.5) is 0 Å². The molecule has 0 N–H and O–H groups in total. The van der Waals surface area contributed by atoms with E-state index in [-0.39, 0.29) is 24.8 Å². The van der Waals surface area contributed by atoms with Crippen molar-refractivity contribution >= 4 is 25.4 Å². The van der Waals surface area contributed by atoms with Crippen LogP contribution in [0.25, 0.3) is 21.5 Å². The molecule has 0 amide bonds. The third kappa shape index (κ3) is 8.95. The van der Waals surface area contributed by atoms with Crippen LogP contribution in [0.15, 0.2) is 121 Å². The summed E-state index contributed by atoms with van der Waals surface area (Å²) in [6.45, 7) is 9.00. The van der Waals surface area contributed by atoms with E-state index in [1.54, 1.807) is 0 Å². The Morgan fingerprint density at radius 1 is 0.675 bits per heavy atom. The molecule has 5 aromatic carbocycles. The van der Waals surface area contributed by atoms with E-state index >= 15 is 0 Å². The molecule has 6 rings (SSSR count). The molecular formula is C37H36Cl2Ti-2. The van der Waals surface area contributed by atoms with Crippen LogP contribution in [0, 0.1) is 6.08 Å². The summed E-state index contributed by atoms with van der Waals surface area (Å²) in [4.78, 5) is 0. The van der Waals surface area contributed by atoms with Gasteiger partial charge in [0, 0.05) is 0 Å². The molecule has 0 saturated carbocycles. The van der Waals surface area contributed by atoms with E-state index in [9.17, 15) is 0 Å². The number of hydrogen-bond acceptors (Lipinski definition) is 0. The van der Waals surface area contributed by atoms with Crippen LogP contribution < -0.4 is 24.8 Å². The van der Waals surface area contributed by atoms with Crippen molar-refractivity contribution in [2.24, 2.45) is 0 Å². The van der Waals surface area contributed by atoms with Gasteiger partial charge in [-0.25, -0.2) is 12.2 Å². The zero-order valence-corrected chi connectivity index (χ0v) is 26.7. The quantitative estimate of drug-likeness (QED) is 0.216. The van der Waals surface area contributed by atoms with Crippen LogP contribution in [-0.4, -0.2) is 3.81 Å². The van der Waals surface area contributed by atoms with Crippen molar-refractivity contribution in [3.05, 3.63) is 150 Å². The summed E-state index contributed by atoms with van der Waals surface area (Å²) in [5.41, 5.74) is 5.43. The predicted octanol–water partition coefficient (Wildman–Crippen LogP) is 4.07. The molecule has 1 aliphatic rings. The van der Waals surface area contributed by atoms with E-state index in [2.05, 4.69) is 151 Å². The molecule has 0 radical (unpaired) electrons. The monoisotopic (exact) mass is 598 g/mol. The number of halogens is 2. The number of rotatable bonds is 4. The number of benzene rings is 4. The van der Waals surface area contributed by atoms with Crippen molar-refractivity contribution in [3.8, 4) is 0 Å². The maximum absolute atomic E-state index is 2.99. The zero-order valence-electron chi connectivity index (χ0n) is 23.7. The summed E-state index contributed by atoms with van der Waals surface area (Å²) in [5, 5.41) is 5.52. The van der Waals surface area contributed by atoms with Gasteiger partial charge in [-0.3, -0.25) is 6.08 Å². The summed E-state index contributed by atoms with van der Waals surface area (Å²) in [7, 11) is 0. The second-order valence-electron chi connectivity index (χ2n) is 10.3. The predicted molar refractivity (Wildman–Crippen MR) is 163 cm³/mol. The fourth-order valence-corrected chi connectivity index (χ4v) is 5.01. The van der Waals surface area contributed by atoms with Gasteiger partial charge in [0.1, 0.15) is 0 Å². The van der Waals surface area contributed by atoms with Gasteiger partial charge in [0.2, 0.25) is 0 Å². The van der Waals surface area contributed by atoms with Crippen molar-refractivity contribution in [1.82, 2.24) is 0 Å². The van der Waals surface area contributed by atoms with Crippen molar-refractivity contribution in [2.45, 2.75) is 46.0 Å². The SMILES string of the molecule is CC(C)c1ccc2c(c1)[cH-]c1cc(C(C)C)ccc12.[C-]1=CC=CC1.[Cl-].[Cl-].[Ti+2]=[C](c1ccccc1)c1ccccc1. The van der Waals surface area contributed by atoms with Gasteiger partial charge in [0.15, 0.2) is 0 Å². The Hall–Kier alpha value is -2.61. The average Bonchev–Trinajstić information content (AvgIpc) is 3.65. The summed E-state index contributed by atoms with van der Waals surface area (Å²) in [6.07, 6.45) is 10.0. The second kappa shape index (κ2) is 16.6. The standard InChI is InChI=1S/C19H21.C13H10.C5H5.2ClH.Ti/c1-12(2)14-5-7-18-16(9-14)11-17-10-15(13(3)4)6-8-19(17)18;1-3-7-12(8-4-1)11-13-9-5-2-6-10-13;1-2-4-5-3-1;;;/h5-13H,1-4H3;1-10H;1-3H,4H2;2*1H;/q-1;;-1;;;+2/p-2. The van der Waals surface area contributed by atoms with Crippen LogP contribution in [0.5, 0.6) is 0 Å². The topological polar surface area (TPSA) is 0 Å².